The lowest BCUT2D eigenvalue weighted by atomic mass is 10.0. The standard InChI is InChI=1S/C74H126O6/c1-4-7-10-13-16-19-22-25-28-31-33-34-35-36-37-38-39-40-41-44-46-49-52-55-58-61-64-67-73(76)79-70-71(69-78-72(75)66-63-60-57-54-51-48-45-42-30-27-24-21-18-15-12-9-6-3)80-74(77)68-65-62-59-56-53-50-47-43-32-29-26-23-20-17-14-11-8-5-2/h7,9-10,12,16,18-19,21,25,27-28,30,33-34,36-37,39-40,71H,4-6,8,11,13-15,17,20,22-24,26,29,31-32,35,38,41-70H2,1-3H3/b10-7-,12-9-,19-16-,21-18-,28-25-,30-27-,34-33-,37-36-,40-39-. The van der Waals surface area contributed by atoms with E-state index in [-0.39, 0.29) is 31.1 Å². The minimum atomic E-state index is -0.787. The Morgan fingerprint density at radius 2 is 0.487 bits per heavy atom. The minimum absolute atomic E-state index is 0.0839. The van der Waals surface area contributed by atoms with Crippen molar-refractivity contribution in [2.45, 2.75) is 329 Å². The molecule has 0 aromatic carbocycles. The molecule has 6 nitrogen and oxygen atoms in total. The number of esters is 3. The lowest BCUT2D eigenvalue weighted by Gasteiger charge is -2.18. The van der Waals surface area contributed by atoms with Crippen LogP contribution in [0.25, 0.3) is 0 Å². The first kappa shape index (κ1) is 76.1. The first-order valence-corrected chi connectivity index (χ1v) is 33.9. The molecule has 6 heteroatoms. The van der Waals surface area contributed by atoms with Crippen LogP contribution in [-0.4, -0.2) is 37.2 Å². The summed E-state index contributed by atoms with van der Waals surface area (Å²) >= 11 is 0. The maximum atomic E-state index is 12.9. The fraction of sp³-hybridized carbons (Fsp3) is 0.716. The Bertz CT molecular complexity index is 1610. The van der Waals surface area contributed by atoms with Crippen molar-refractivity contribution in [3.63, 3.8) is 0 Å². The molecule has 0 amide bonds. The molecular formula is C74H126O6. The molecule has 0 radical (unpaired) electrons. The second-order valence-electron chi connectivity index (χ2n) is 22.3. The Morgan fingerprint density at radius 1 is 0.263 bits per heavy atom. The number of hydrogen-bond acceptors (Lipinski definition) is 6. The van der Waals surface area contributed by atoms with Crippen LogP contribution in [-0.2, 0) is 28.6 Å². The first-order valence-electron chi connectivity index (χ1n) is 33.9. The Balaban J connectivity index is 4.37. The van der Waals surface area contributed by atoms with Crippen LogP contribution in [0, 0.1) is 0 Å². The van der Waals surface area contributed by atoms with Crippen LogP contribution in [0.2, 0.25) is 0 Å². The third kappa shape index (κ3) is 64.9. The van der Waals surface area contributed by atoms with E-state index in [4.69, 9.17) is 14.2 Å². The summed E-state index contributed by atoms with van der Waals surface area (Å²) in [5, 5.41) is 0. The van der Waals surface area contributed by atoms with E-state index in [1.54, 1.807) is 0 Å². The zero-order valence-electron chi connectivity index (χ0n) is 52.6. The molecule has 0 aromatic heterocycles. The monoisotopic (exact) mass is 1110 g/mol. The van der Waals surface area contributed by atoms with Crippen molar-refractivity contribution in [3.05, 3.63) is 109 Å². The molecule has 0 aromatic rings. The van der Waals surface area contributed by atoms with Crippen LogP contribution < -0.4 is 0 Å². The highest BCUT2D eigenvalue weighted by molar-refractivity contribution is 5.71. The van der Waals surface area contributed by atoms with Gasteiger partial charge in [0.25, 0.3) is 0 Å². The Labute approximate surface area is 495 Å². The van der Waals surface area contributed by atoms with Gasteiger partial charge in [-0.2, -0.15) is 0 Å². The lowest BCUT2D eigenvalue weighted by Crippen LogP contribution is -2.30. The third-order valence-corrected chi connectivity index (χ3v) is 14.5. The molecular weight excluding hydrogens is 985 g/mol. The topological polar surface area (TPSA) is 78.9 Å². The fourth-order valence-corrected chi connectivity index (χ4v) is 9.52. The van der Waals surface area contributed by atoms with Gasteiger partial charge in [0.1, 0.15) is 13.2 Å². The maximum absolute atomic E-state index is 12.9. The molecule has 1 atom stereocenters. The summed E-state index contributed by atoms with van der Waals surface area (Å²) in [6, 6.07) is 0. The molecule has 0 saturated carbocycles. The van der Waals surface area contributed by atoms with E-state index < -0.39 is 6.10 Å². The predicted molar refractivity (Wildman–Crippen MR) is 348 cm³/mol. The van der Waals surface area contributed by atoms with Gasteiger partial charge in [-0.3, -0.25) is 14.4 Å². The summed E-state index contributed by atoms with van der Waals surface area (Å²) in [4.78, 5) is 38.4. The summed E-state index contributed by atoms with van der Waals surface area (Å²) in [5.74, 6) is -0.887. The van der Waals surface area contributed by atoms with E-state index >= 15 is 0 Å². The van der Waals surface area contributed by atoms with Gasteiger partial charge in [0.15, 0.2) is 6.10 Å². The zero-order valence-corrected chi connectivity index (χ0v) is 52.6. The summed E-state index contributed by atoms with van der Waals surface area (Å²) in [6.07, 6.45) is 92.4. The van der Waals surface area contributed by atoms with Crippen molar-refractivity contribution in [2.24, 2.45) is 0 Å². The average Bonchev–Trinajstić information content (AvgIpc) is 3.46. The molecule has 0 rings (SSSR count). The van der Waals surface area contributed by atoms with Crippen LogP contribution in [0.4, 0.5) is 0 Å². The number of allylic oxidation sites excluding steroid dienone is 18. The van der Waals surface area contributed by atoms with Gasteiger partial charge in [0, 0.05) is 19.3 Å². The number of hydrogen-bond donors (Lipinski definition) is 0. The SMILES string of the molecule is CC/C=C\C/C=C\C/C=C\C/C=C\C/C=C\C/C=C\CCCCCCCCCCC(=O)OCC(COC(=O)CCCCCCCCC/C=C\C/C=C\C/C=C\CC)OC(=O)CCCCCCCCCCCCCCCCCCCC. The van der Waals surface area contributed by atoms with E-state index in [1.165, 1.54) is 154 Å². The van der Waals surface area contributed by atoms with Gasteiger partial charge < -0.3 is 14.2 Å². The van der Waals surface area contributed by atoms with Crippen molar-refractivity contribution in [2.75, 3.05) is 13.2 Å². The van der Waals surface area contributed by atoms with E-state index in [1.807, 2.05) is 0 Å². The van der Waals surface area contributed by atoms with Gasteiger partial charge in [0.05, 0.1) is 0 Å². The largest absolute Gasteiger partial charge is 0.462 e. The lowest BCUT2D eigenvalue weighted by molar-refractivity contribution is -0.167. The van der Waals surface area contributed by atoms with E-state index in [9.17, 15) is 14.4 Å². The molecule has 458 valence electrons. The quantitative estimate of drug-likeness (QED) is 0.0261. The van der Waals surface area contributed by atoms with Gasteiger partial charge in [0.2, 0.25) is 0 Å². The average molecular weight is 1110 g/mol. The highest BCUT2D eigenvalue weighted by atomic mass is 16.6. The number of rotatable bonds is 61. The molecule has 0 saturated heterocycles. The van der Waals surface area contributed by atoms with E-state index in [0.29, 0.717) is 19.3 Å². The first-order chi connectivity index (χ1) is 39.5. The minimum Gasteiger partial charge on any atom is -0.462 e. The van der Waals surface area contributed by atoms with Crippen molar-refractivity contribution in [1.82, 2.24) is 0 Å². The summed E-state index contributed by atoms with van der Waals surface area (Å²) in [5.41, 5.74) is 0. The highest BCUT2D eigenvalue weighted by Crippen LogP contribution is 2.17. The number of ether oxygens (including phenoxy) is 3. The van der Waals surface area contributed by atoms with E-state index in [2.05, 4.69) is 130 Å². The molecule has 0 N–H and O–H groups in total. The maximum Gasteiger partial charge on any atom is 0.306 e. The van der Waals surface area contributed by atoms with Gasteiger partial charge in [-0.25, -0.2) is 0 Å². The van der Waals surface area contributed by atoms with Crippen molar-refractivity contribution < 1.29 is 28.6 Å². The molecule has 80 heavy (non-hydrogen) atoms. The molecule has 0 aliphatic rings. The van der Waals surface area contributed by atoms with Gasteiger partial charge in [-0.1, -0.05) is 310 Å². The summed E-state index contributed by atoms with van der Waals surface area (Å²) in [7, 11) is 0. The predicted octanol–water partition coefficient (Wildman–Crippen LogP) is 23.4. The van der Waals surface area contributed by atoms with Crippen LogP contribution in [0.3, 0.4) is 0 Å². The molecule has 0 fully saturated rings. The molecule has 1 unspecified atom stereocenters. The van der Waals surface area contributed by atoms with Crippen LogP contribution in [0.1, 0.15) is 323 Å². The van der Waals surface area contributed by atoms with Crippen LogP contribution >= 0.6 is 0 Å². The molecule has 0 aliphatic carbocycles. The molecule has 0 heterocycles. The van der Waals surface area contributed by atoms with Crippen molar-refractivity contribution in [3.8, 4) is 0 Å². The second kappa shape index (κ2) is 67.6. The van der Waals surface area contributed by atoms with E-state index in [0.717, 1.165) is 128 Å². The van der Waals surface area contributed by atoms with Gasteiger partial charge in [-0.15, -0.1) is 0 Å². The van der Waals surface area contributed by atoms with Gasteiger partial charge in [-0.05, 0) is 103 Å². The number of carbonyl (C=O) groups is 3. The second-order valence-corrected chi connectivity index (χ2v) is 22.3. The van der Waals surface area contributed by atoms with Crippen molar-refractivity contribution >= 4 is 17.9 Å². The number of unbranched alkanes of at least 4 members (excludes halogenated alkanes) is 32. The summed E-state index contributed by atoms with van der Waals surface area (Å²) in [6.45, 7) is 6.44. The molecule has 0 aliphatic heterocycles. The van der Waals surface area contributed by atoms with Gasteiger partial charge >= 0.3 is 17.9 Å². The fourth-order valence-electron chi connectivity index (χ4n) is 9.52. The third-order valence-electron chi connectivity index (χ3n) is 14.5. The highest BCUT2D eigenvalue weighted by Gasteiger charge is 2.19. The molecule has 0 spiro atoms. The normalized spacial score (nSPS) is 12.8. The van der Waals surface area contributed by atoms with Crippen LogP contribution in [0.15, 0.2) is 109 Å². The summed E-state index contributed by atoms with van der Waals surface area (Å²) < 4.78 is 17.0. The Hall–Kier alpha value is -3.93. The molecule has 0 bridgehead atoms. The smallest absolute Gasteiger partial charge is 0.306 e. The Kier molecular flexibility index (Phi) is 64.3. The Morgan fingerprint density at radius 3 is 0.762 bits per heavy atom. The van der Waals surface area contributed by atoms with Crippen LogP contribution in [0.5, 0.6) is 0 Å². The number of carbonyl (C=O) groups excluding carboxylic acids is 3. The van der Waals surface area contributed by atoms with Crippen molar-refractivity contribution in [1.29, 1.82) is 0 Å². The zero-order chi connectivity index (χ0) is 57.8.